The van der Waals surface area contributed by atoms with E-state index in [0.717, 1.165) is 0 Å². The summed E-state index contributed by atoms with van der Waals surface area (Å²) in [5.41, 5.74) is 2.31. The fraction of sp³-hybridized carbons (Fsp3) is 0.667. The summed E-state index contributed by atoms with van der Waals surface area (Å²) in [7, 11) is 0. The van der Waals surface area contributed by atoms with Crippen LogP contribution in [0.1, 0.15) is 26.0 Å². The van der Waals surface area contributed by atoms with Gasteiger partial charge in [-0.2, -0.15) is 18.2 Å². The molecule has 2 aromatic heterocycles. The van der Waals surface area contributed by atoms with E-state index < -0.39 is 78.2 Å². The Bertz CT molecular complexity index is 1020. The standard InChI is InChI=1S/C15H19F4N5O5/c1-2-5(25)9-6(16)8(26)12(29-9)24-10-7(11(27)22-13(20)21-10)23(14(24)28)4-3-15(17,18)19/h5-6,8-9,12,25-26H,2-4H2,1H3,(H3,20,21,22,27)/t5?,6-,8-,9-,12-/m1/s1. The third kappa shape index (κ3) is 3.74. The van der Waals surface area contributed by atoms with Crippen LogP contribution >= 0.6 is 0 Å². The number of ether oxygens (including phenoxy) is 1. The number of nitrogens with one attached hydrogen (secondary N) is 1. The van der Waals surface area contributed by atoms with Gasteiger partial charge < -0.3 is 20.7 Å². The van der Waals surface area contributed by atoms with Crippen molar-refractivity contribution in [3.05, 3.63) is 20.8 Å². The predicted octanol–water partition coefficient (Wildman–Crippen LogP) is -0.212. The fourth-order valence-corrected chi connectivity index (χ4v) is 3.29. The molecule has 1 unspecified atom stereocenters. The van der Waals surface area contributed by atoms with Crippen molar-refractivity contribution < 1.29 is 32.5 Å². The highest BCUT2D eigenvalue weighted by atomic mass is 19.4. The molecule has 5 atom stereocenters. The summed E-state index contributed by atoms with van der Waals surface area (Å²) >= 11 is 0. The van der Waals surface area contributed by atoms with Gasteiger partial charge in [0.1, 0.15) is 12.2 Å². The molecule has 2 aromatic rings. The second kappa shape index (κ2) is 7.42. The maximum atomic E-state index is 14.4. The number of anilines is 1. The highest BCUT2D eigenvalue weighted by Gasteiger charge is 2.49. The van der Waals surface area contributed by atoms with Crippen molar-refractivity contribution in [3.63, 3.8) is 0 Å². The fourth-order valence-electron chi connectivity index (χ4n) is 3.29. The van der Waals surface area contributed by atoms with Crippen LogP contribution in [0.25, 0.3) is 11.2 Å². The van der Waals surface area contributed by atoms with Gasteiger partial charge in [0.2, 0.25) is 5.95 Å². The molecule has 1 aliphatic rings. The van der Waals surface area contributed by atoms with Crippen molar-refractivity contribution in [2.75, 3.05) is 5.73 Å². The van der Waals surface area contributed by atoms with E-state index in [1.165, 1.54) is 6.92 Å². The van der Waals surface area contributed by atoms with Gasteiger partial charge in [-0.15, -0.1) is 0 Å². The SMILES string of the molecule is CCC(O)[C@H]1O[C@@H](n2c(=O)n(CCC(F)(F)F)c3c(=O)[nH]c(N)nc32)[C@H](O)[C@H]1F. The first kappa shape index (κ1) is 21.3. The maximum Gasteiger partial charge on any atom is 0.390 e. The Morgan fingerprint density at radius 2 is 2.03 bits per heavy atom. The number of aryl methyl sites for hydroxylation is 1. The van der Waals surface area contributed by atoms with Crippen LogP contribution in [0, 0.1) is 0 Å². The second-order valence-electron chi connectivity index (χ2n) is 6.69. The normalized spacial score (nSPS) is 26.3. The molecule has 0 aliphatic carbocycles. The van der Waals surface area contributed by atoms with Crippen LogP contribution in [0.4, 0.5) is 23.5 Å². The molecule has 3 heterocycles. The summed E-state index contributed by atoms with van der Waals surface area (Å²) in [5, 5.41) is 20.1. The molecule has 0 saturated carbocycles. The van der Waals surface area contributed by atoms with E-state index in [0.29, 0.717) is 9.13 Å². The lowest BCUT2D eigenvalue weighted by Gasteiger charge is -2.18. The number of H-pyrrole nitrogens is 1. The van der Waals surface area contributed by atoms with Gasteiger partial charge in [0.25, 0.3) is 5.56 Å². The molecule has 0 amide bonds. The number of aliphatic hydroxyl groups is 2. The number of aromatic nitrogens is 4. The molecule has 0 radical (unpaired) electrons. The van der Waals surface area contributed by atoms with Crippen molar-refractivity contribution in [2.24, 2.45) is 0 Å². The molecule has 1 fully saturated rings. The number of hydrogen-bond acceptors (Lipinski definition) is 7. The number of hydrogen-bond donors (Lipinski definition) is 4. The summed E-state index contributed by atoms with van der Waals surface area (Å²) in [6.07, 6.45) is -14.5. The number of imidazole rings is 1. The number of halogens is 4. The zero-order chi connectivity index (χ0) is 21.7. The Hall–Kier alpha value is -2.45. The topological polar surface area (TPSA) is 148 Å². The number of aliphatic hydroxyl groups excluding tert-OH is 2. The van der Waals surface area contributed by atoms with Crippen LogP contribution in [-0.2, 0) is 11.3 Å². The molecular weight excluding hydrogens is 406 g/mol. The smallest absolute Gasteiger partial charge is 0.390 e. The van der Waals surface area contributed by atoms with Gasteiger partial charge in [0, 0.05) is 6.54 Å². The zero-order valence-corrected chi connectivity index (χ0v) is 15.1. The van der Waals surface area contributed by atoms with E-state index >= 15 is 0 Å². The summed E-state index contributed by atoms with van der Waals surface area (Å²) < 4.78 is 58.8. The Kier molecular flexibility index (Phi) is 5.44. The quantitative estimate of drug-likeness (QED) is 0.485. The van der Waals surface area contributed by atoms with Crippen LogP contribution in [0.15, 0.2) is 9.59 Å². The predicted molar refractivity (Wildman–Crippen MR) is 90.8 cm³/mol. The van der Waals surface area contributed by atoms with Crippen LogP contribution < -0.4 is 17.0 Å². The van der Waals surface area contributed by atoms with E-state index in [9.17, 15) is 37.4 Å². The minimum atomic E-state index is -4.62. The highest BCUT2D eigenvalue weighted by molar-refractivity contribution is 5.71. The Morgan fingerprint density at radius 1 is 1.38 bits per heavy atom. The zero-order valence-electron chi connectivity index (χ0n) is 15.1. The molecule has 3 rings (SSSR count). The van der Waals surface area contributed by atoms with E-state index in [1.807, 2.05) is 0 Å². The van der Waals surface area contributed by atoms with Crippen molar-refractivity contribution in [1.82, 2.24) is 19.1 Å². The van der Waals surface area contributed by atoms with Crippen molar-refractivity contribution in [1.29, 1.82) is 0 Å². The van der Waals surface area contributed by atoms with Gasteiger partial charge in [-0.1, -0.05) is 6.92 Å². The van der Waals surface area contributed by atoms with E-state index in [1.54, 1.807) is 0 Å². The van der Waals surface area contributed by atoms with Gasteiger partial charge in [0.15, 0.2) is 23.6 Å². The molecule has 29 heavy (non-hydrogen) atoms. The Morgan fingerprint density at radius 3 is 2.62 bits per heavy atom. The number of fused-ring (bicyclic) bond motifs is 1. The lowest BCUT2D eigenvalue weighted by molar-refractivity contribution is -0.136. The van der Waals surface area contributed by atoms with Gasteiger partial charge in [0.05, 0.1) is 12.5 Å². The van der Waals surface area contributed by atoms with Crippen LogP contribution in [0.3, 0.4) is 0 Å². The molecule has 14 heteroatoms. The summed E-state index contributed by atoms with van der Waals surface area (Å²) in [6, 6.07) is 0. The average molecular weight is 425 g/mol. The number of nitrogen functional groups attached to an aromatic ring is 1. The number of nitrogens with two attached hydrogens (primary N) is 1. The molecule has 0 spiro atoms. The molecule has 10 nitrogen and oxygen atoms in total. The summed E-state index contributed by atoms with van der Waals surface area (Å²) in [4.78, 5) is 30.9. The largest absolute Gasteiger partial charge is 0.390 e. The molecule has 162 valence electrons. The molecular formula is C15H19F4N5O5. The molecule has 0 aromatic carbocycles. The van der Waals surface area contributed by atoms with Crippen LogP contribution in [0.5, 0.6) is 0 Å². The van der Waals surface area contributed by atoms with E-state index in [-0.39, 0.29) is 6.42 Å². The first-order valence-electron chi connectivity index (χ1n) is 8.69. The Labute approximate surface area is 159 Å². The van der Waals surface area contributed by atoms with Gasteiger partial charge in [-0.25, -0.2) is 13.8 Å². The second-order valence-corrected chi connectivity index (χ2v) is 6.69. The number of alkyl halides is 4. The van der Waals surface area contributed by atoms with Gasteiger partial charge >= 0.3 is 11.9 Å². The van der Waals surface area contributed by atoms with Crippen molar-refractivity contribution in [3.8, 4) is 0 Å². The van der Waals surface area contributed by atoms with E-state index in [4.69, 9.17) is 10.5 Å². The molecule has 1 saturated heterocycles. The van der Waals surface area contributed by atoms with Crippen molar-refractivity contribution >= 4 is 17.1 Å². The summed E-state index contributed by atoms with van der Waals surface area (Å²) in [6.45, 7) is 0.626. The molecule has 1 aliphatic heterocycles. The average Bonchev–Trinajstić information content (AvgIpc) is 3.06. The number of aromatic amines is 1. The third-order valence-electron chi connectivity index (χ3n) is 4.73. The number of nitrogens with zero attached hydrogens (tertiary/aromatic N) is 3. The third-order valence-corrected chi connectivity index (χ3v) is 4.73. The lowest BCUT2D eigenvalue weighted by atomic mass is 10.1. The van der Waals surface area contributed by atoms with Gasteiger partial charge in [-0.05, 0) is 6.42 Å². The first-order chi connectivity index (χ1) is 13.5. The monoisotopic (exact) mass is 425 g/mol. The van der Waals surface area contributed by atoms with E-state index in [2.05, 4.69) is 9.97 Å². The molecule has 5 N–H and O–H groups in total. The Balaban J connectivity index is 2.17. The van der Waals surface area contributed by atoms with Crippen molar-refractivity contribution in [2.45, 2.75) is 63.2 Å². The van der Waals surface area contributed by atoms with Crippen LogP contribution in [0.2, 0.25) is 0 Å². The minimum Gasteiger partial charge on any atom is -0.390 e. The minimum absolute atomic E-state index is 0.0810. The van der Waals surface area contributed by atoms with Gasteiger partial charge in [-0.3, -0.25) is 14.3 Å². The maximum absolute atomic E-state index is 14.4. The lowest BCUT2D eigenvalue weighted by Crippen LogP contribution is -2.36. The van der Waals surface area contributed by atoms with Crippen LogP contribution in [-0.4, -0.2) is 60.0 Å². The molecule has 0 bridgehead atoms. The first-order valence-corrected chi connectivity index (χ1v) is 8.69. The highest BCUT2D eigenvalue weighted by Crippen LogP contribution is 2.34. The number of rotatable bonds is 5. The summed E-state index contributed by atoms with van der Waals surface area (Å²) in [5.74, 6) is -0.446.